The molecule has 0 atom stereocenters. The highest BCUT2D eigenvalue weighted by molar-refractivity contribution is 7.92. The summed E-state index contributed by atoms with van der Waals surface area (Å²) in [7, 11) is -2.50. The lowest BCUT2D eigenvalue weighted by molar-refractivity contribution is 0.0953. The molecule has 3 rings (SSSR count). The Morgan fingerprint density at radius 3 is 2.37 bits per heavy atom. The summed E-state index contributed by atoms with van der Waals surface area (Å²) in [5.74, 6) is -0.778. The van der Waals surface area contributed by atoms with E-state index in [-0.39, 0.29) is 16.4 Å². The molecule has 5 nitrogen and oxygen atoms in total. The van der Waals surface area contributed by atoms with Gasteiger partial charge in [-0.25, -0.2) is 12.8 Å². The number of hydrogen-bond acceptors (Lipinski definition) is 3. The molecule has 30 heavy (non-hydrogen) atoms. The van der Waals surface area contributed by atoms with Gasteiger partial charge in [0.1, 0.15) is 5.82 Å². The molecule has 0 saturated heterocycles. The Hall–Kier alpha value is -3.19. The van der Waals surface area contributed by atoms with Crippen molar-refractivity contribution in [3.8, 4) is 0 Å². The molecule has 0 aromatic heterocycles. The van der Waals surface area contributed by atoms with Crippen molar-refractivity contribution >= 4 is 21.6 Å². The largest absolute Gasteiger partial charge is 0.352 e. The van der Waals surface area contributed by atoms with Crippen LogP contribution >= 0.6 is 0 Å². The van der Waals surface area contributed by atoms with E-state index in [4.69, 9.17) is 0 Å². The third-order valence-electron chi connectivity index (χ3n) is 4.72. The molecule has 7 heteroatoms. The van der Waals surface area contributed by atoms with Gasteiger partial charge in [0.15, 0.2) is 0 Å². The monoisotopic (exact) mass is 426 g/mol. The predicted octanol–water partition coefficient (Wildman–Crippen LogP) is 4.01. The lowest BCUT2D eigenvalue weighted by Crippen LogP contribution is -2.28. The third kappa shape index (κ3) is 5.24. The number of benzene rings is 3. The minimum atomic E-state index is -3.89. The molecule has 0 aliphatic heterocycles. The number of nitrogens with zero attached hydrogens (tertiary/aromatic N) is 1. The Balaban J connectivity index is 1.65. The highest BCUT2D eigenvalue weighted by Gasteiger charge is 2.22. The maximum atomic E-state index is 13.1. The summed E-state index contributed by atoms with van der Waals surface area (Å²) in [5.41, 5.74) is 1.79. The standard InChI is InChI=1S/C23H23FN2O3S/c1-26(21-14-12-20(24)13-15-21)30(28,29)22-11-5-10-19(17-22)23(27)25-16-6-9-18-7-3-2-4-8-18/h2-5,7-8,10-15,17H,6,9,16H2,1H3,(H,25,27). The van der Waals surface area contributed by atoms with Gasteiger partial charge >= 0.3 is 0 Å². The molecule has 0 fully saturated rings. The van der Waals surface area contributed by atoms with Gasteiger partial charge in [0.2, 0.25) is 0 Å². The molecule has 3 aromatic rings. The molecule has 0 aliphatic carbocycles. The molecular formula is C23H23FN2O3S. The molecule has 156 valence electrons. The Kier molecular flexibility index (Phi) is 6.84. The number of halogens is 1. The van der Waals surface area contributed by atoms with Gasteiger partial charge in [0.25, 0.3) is 15.9 Å². The van der Waals surface area contributed by atoms with Gasteiger partial charge in [-0.2, -0.15) is 0 Å². The van der Waals surface area contributed by atoms with E-state index in [2.05, 4.69) is 5.32 Å². The number of nitrogens with one attached hydrogen (secondary N) is 1. The van der Waals surface area contributed by atoms with Crippen LogP contribution in [-0.2, 0) is 16.4 Å². The minimum Gasteiger partial charge on any atom is -0.352 e. The second-order valence-corrected chi connectivity index (χ2v) is 8.79. The Morgan fingerprint density at radius 2 is 1.67 bits per heavy atom. The maximum Gasteiger partial charge on any atom is 0.264 e. The number of aryl methyl sites for hydroxylation is 1. The fourth-order valence-corrected chi connectivity index (χ4v) is 4.23. The quantitative estimate of drug-likeness (QED) is 0.554. The number of carbonyl (C=O) groups excluding carboxylic acids is 1. The zero-order valence-corrected chi connectivity index (χ0v) is 17.4. The van der Waals surface area contributed by atoms with Gasteiger partial charge < -0.3 is 5.32 Å². The summed E-state index contributed by atoms with van der Waals surface area (Å²) < 4.78 is 40.0. The average Bonchev–Trinajstić information content (AvgIpc) is 2.77. The fraction of sp³-hybridized carbons (Fsp3) is 0.174. The topological polar surface area (TPSA) is 66.5 Å². The van der Waals surface area contributed by atoms with Gasteiger partial charge in [-0.15, -0.1) is 0 Å². The van der Waals surface area contributed by atoms with E-state index in [1.165, 1.54) is 55.1 Å². The van der Waals surface area contributed by atoms with Gasteiger partial charge in [0, 0.05) is 19.2 Å². The minimum absolute atomic E-state index is 0.00809. The SMILES string of the molecule is CN(c1ccc(F)cc1)S(=O)(=O)c1cccc(C(=O)NCCCc2ccccc2)c1. The van der Waals surface area contributed by atoms with Crippen LogP contribution in [0.25, 0.3) is 0 Å². The van der Waals surface area contributed by atoms with E-state index in [9.17, 15) is 17.6 Å². The van der Waals surface area contributed by atoms with Crippen molar-refractivity contribution < 1.29 is 17.6 Å². The smallest absolute Gasteiger partial charge is 0.264 e. The number of hydrogen-bond donors (Lipinski definition) is 1. The van der Waals surface area contributed by atoms with Crippen LogP contribution in [0.2, 0.25) is 0 Å². The van der Waals surface area contributed by atoms with Crippen molar-refractivity contribution in [3.05, 3.63) is 95.8 Å². The first-order chi connectivity index (χ1) is 14.4. The summed E-state index contributed by atoms with van der Waals surface area (Å²) in [4.78, 5) is 12.4. The second kappa shape index (κ2) is 9.54. The normalized spacial score (nSPS) is 11.1. The van der Waals surface area contributed by atoms with Crippen LogP contribution in [0.5, 0.6) is 0 Å². The Morgan fingerprint density at radius 1 is 0.967 bits per heavy atom. The number of carbonyl (C=O) groups is 1. The molecule has 1 amide bonds. The molecular weight excluding hydrogens is 403 g/mol. The predicted molar refractivity (Wildman–Crippen MR) is 116 cm³/mol. The van der Waals surface area contributed by atoms with Gasteiger partial charge in [-0.1, -0.05) is 36.4 Å². The molecule has 3 aromatic carbocycles. The fourth-order valence-electron chi connectivity index (χ4n) is 2.99. The zero-order valence-electron chi connectivity index (χ0n) is 16.6. The van der Waals surface area contributed by atoms with E-state index in [1.807, 2.05) is 30.3 Å². The Bertz CT molecular complexity index is 1100. The number of sulfonamides is 1. The van der Waals surface area contributed by atoms with Crippen molar-refractivity contribution in [3.63, 3.8) is 0 Å². The maximum absolute atomic E-state index is 13.1. The highest BCUT2D eigenvalue weighted by Crippen LogP contribution is 2.23. The lowest BCUT2D eigenvalue weighted by Gasteiger charge is -2.19. The molecule has 0 saturated carbocycles. The summed E-state index contributed by atoms with van der Waals surface area (Å²) in [5, 5.41) is 2.83. The van der Waals surface area contributed by atoms with E-state index < -0.39 is 15.8 Å². The molecule has 0 radical (unpaired) electrons. The van der Waals surface area contributed by atoms with Crippen LogP contribution in [0.1, 0.15) is 22.3 Å². The molecule has 0 spiro atoms. The van der Waals surface area contributed by atoms with E-state index in [0.29, 0.717) is 12.2 Å². The first kappa shape index (κ1) is 21.5. The highest BCUT2D eigenvalue weighted by atomic mass is 32.2. The Labute approximate surface area is 176 Å². The second-order valence-electron chi connectivity index (χ2n) is 6.82. The zero-order chi connectivity index (χ0) is 21.6. The first-order valence-corrected chi connectivity index (χ1v) is 11.0. The van der Waals surface area contributed by atoms with Crippen molar-refractivity contribution in [1.29, 1.82) is 0 Å². The number of anilines is 1. The summed E-state index contributed by atoms with van der Waals surface area (Å²) in [6.07, 6.45) is 1.62. The van der Waals surface area contributed by atoms with Crippen LogP contribution in [0, 0.1) is 5.82 Å². The van der Waals surface area contributed by atoms with E-state index >= 15 is 0 Å². The van der Waals surface area contributed by atoms with Crippen LogP contribution < -0.4 is 9.62 Å². The van der Waals surface area contributed by atoms with Crippen LogP contribution in [0.3, 0.4) is 0 Å². The van der Waals surface area contributed by atoms with Gasteiger partial charge in [-0.3, -0.25) is 9.10 Å². The van der Waals surface area contributed by atoms with Gasteiger partial charge in [0.05, 0.1) is 10.6 Å². The van der Waals surface area contributed by atoms with E-state index in [0.717, 1.165) is 17.1 Å². The van der Waals surface area contributed by atoms with Crippen LogP contribution in [0.4, 0.5) is 10.1 Å². The summed E-state index contributed by atoms with van der Waals surface area (Å²) >= 11 is 0. The molecule has 0 aliphatic rings. The van der Waals surface area contributed by atoms with Crippen molar-refractivity contribution in [2.24, 2.45) is 0 Å². The molecule has 1 N–H and O–H groups in total. The van der Waals surface area contributed by atoms with Gasteiger partial charge in [-0.05, 0) is 60.9 Å². The third-order valence-corrected chi connectivity index (χ3v) is 6.50. The van der Waals surface area contributed by atoms with Crippen molar-refractivity contribution in [2.45, 2.75) is 17.7 Å². The number of rotatable bonds is 8. The summed E-state index contributed by atoms with van der Waals surface area (Å²) in [6, 6.07) is 21.0. The summed E-state index contributed by atoms with van der Waals surface area (Å²) in [6.45, 7) is 0.486. The van der Waals surface area contributed by atoms with E-state index in [1.54, 1.807) is 6.07 Å². The molecule has 0 heterocycles. The molecule has 0 unspecified atom stereocenters. The van der Waals surface area contributed by atoms with Crippen LogP contribution in [0.15, 0.2) is 83.8 Å². The lowest BCUT2D eigenvalue weighted by atomic mass is 10.1. The van der Waals surface area contributed by atoms with Crippen LogP contribution in [-0.4, -0.2) is 27.9 Å². The first-order valence-electron chi connectivity index (χ1n) is 9.54. The molecule has 0 bridgehead atoms. The average molecular weight is 427 g/mol. The van der Waals surface area contributed by atoms with Crippen molar-refractivity contribution in [1.82, 2.24) is 5.32 Å². The van der Waals surface area contributed by atoms with Crippen molar-refractivity contribution in [2.75, 3.05) is 17.9 Å². The number of amides is 1.